The fourth-order valence-corrected chi connectivity index (χ4v) is 1.76. The fourth-order valence-electron chi connectivity index (χ4n) is 1.56. The third-order valence-electron chi connectivity index (χ3n) is 2.23. The lowest BCUT2D eigenvalue weighted by Gasteiger charge is -1.99. The fraction of sp³-hybridized carbons (Fsp3) is 0.111. The molecule has 1 aromatic carbocycles. The second-order valence-electron chi connectivity index (χ2n) is 3.16. The highest BCUT2D eigenvalue weighted by atomic mass is 32.1. The molecule has 2 heterocycles. The number of aromatic amines is 2. The van der Waals surface area contributed by atoms with Crippen molar-refractivity contribution in [1.29, 1.82) is 0 Å². The molecule has 0 saturated carbocycles. The Morgan fingerprint density at radius 2 is 1.93 bits per heavy atom. The average Bonchev–Trinajstić information content (AvgIpc) is 2.61. The van der Waals surface area contributed by atoms with Gasteiger partial charge in [0.1, 0.15) is 0 Å². The van der Waals surface area contributed by atoms with Gasteiger partial charge in [-0.25, -0.2) is 0 Å². The molecule has 0 spiro atoms. The van der Waals surface area contributed by atoms with E-state index in [0.29, 0.717) is 27.2 Å². The first kappa shape index (κ1) is 8.49. The normalized spacial score (nSPS) is 13.3. The van der Waals surface area contributed by atoms with Crippen molar-refractivity contribution < 1.29 is 9.47 Å². The standard InChI is InChI=1S/C9H6N2O3S/c12-8-4-1-6-7(14-3-13-6)2-5(4)10-9(15)11-8/h1-2H,3H2,(H2,10,11,12,15). The molecule has 0 fully saturated rings. The Morgan fingerprint density at radius 1 is 1.20 bits per heavy atom. The highest BCUT2D eigenvalue weighted by Gasteiger charge is 2.15. The molecule has 2 N–H and O–H groups in total. The second-order valence-corrected chi connectivity index (χ2v) is 3.57. The van der Waals surface area contributed by atoms with Crippen LogP contribution in [0, 0.1) is 4.77 Å². The maximum Gasteiger partial charge on any atom is 0.259 e. The molecule has 6 heteroatoms. The summed E-state index contributed by atoms with van der Waals surface area (Å²) in [5.74, 6) is 1.21. The zero-order valence-electron chi connectivity index (χ0n) is 7.49. The number of aromatic nitrogens is 2. The summed E-state index contributed by atoms with van der Waals surface area (Å²) < 4.78 is 10.7. The molecule has 1 aromatic heterocycles. The van der Waals surface area contributed by atoms with Crippen LogP contribution in [-0.2, 0) is 0 Å². The maximum atomic E-state index is 11.6. The minimum atomic E-state index is -0.230. The predicted octanol–water partition coefficient (Wildman–Crippen LogP) is 1.31. The van der Waals surface area contributed by atoms with E-state index < -0.39 is 0 Å². The maximum absolute atomic E-state index is 11.6. The summed E-state index contributed by atoms with van der Waals surface area (Å²) in [5.41, 5.74) is 0.417. The molecule has 0 radical (unpaired) electrons. The number of nitrogens with one attached hydrogen (secondary N) is 2. The van der Waals surface area contributed by atoms with Crippen molar-refractivity contribution >= 4 is 23.1 Å². The highest BCUT2D eigenvalue weighted by molar-refractivity contribution is 7.71. The summed E-state index contributed by atoms with van der Waals surface area (Å²) in [6.07, 6.45) is 0. The van der Waals surface area contributed by atoms with Gasteiger partial charge in [-0.2, -0.15) is 0 Å². The van der Waals surface area contributed by atoms with Crippen molar-refractivity contribution in [3.63, 3.8) is 0 Å². The van der Waals surface area contributed by atoms with Gasteiger partial charge in [-0.15, -0.1) is 0 Å². The summed E-state index contributed by atoms with van der Waals surface area (Å²) in [6, 6.07) is 3.35. The molecule has 0 aliphatic carbocycles. The number of fused-ring (bicyclic) bond motifs is 2. The van der Waals surface area contributed by atoms with Crippen LogP contribution in [0.5, 0.6) is 11.5 Å². The van der Waals surface area contributed by atoms with Crippen LogP contribution in [0.4, 0.5) is 0 Å². The molecule has 0 amide bonds. The van der Waals surface area contributed by atoms with Gasteiger partial charge in [-0.05, 0) is 18.3 Å². The first-order valence-corrected chi connectivity index (χ1v) is 4.71. The van der Waals surface area contributed by atoms with Gasteiger partial charge in [0, 0.05) is 6.07 Å². The van der Waals surface area contributed by atoms with Crippen LogP contribution in [0.2, 0.25) is 0 Å². The van der Waals surface area contributed by atoms with Crippen LogP contribution in [0.1, 0.15) is 0 Å². The van der Waals surface area contributed by atoms with E-state index in [4.69, 9.17) is 21.7 Å². The molecule has 0 saturated heterocycles. The van der Waals surface area contributed by atoms with Crippen LogP contribution < -0.4 is 15.0 Å². The largest absolute Gasteiger partial charge is 0.454 e. The van der Waals surface area contributed by atoms with E-state index in [1.807, 2.05) is 0 Å². The Labute approximate surface area is 88.7 Å². The minimum absolute atomic E-state index is 0.185. The third-order valence-corrected chi connectivity index (χ3v) is 2.44. The zero-order valence-corrected chi connectivity index (χ0v) is 8.31. The van der Waals surface area contributed by atoms with Crippen molar-refractivity contribution in [2.45, 2.75) is 0 Å². The van der Waals surface area contributed by atoms with E-state index in [1.54, 1.807) is 12.1 Å². The number of ether oxygens (including phenoxy) is 2. The molecule has 3 rings (SSSR count). The predicted molar refractivity (Wildman–Crippen MR) is 55.9 cm³/mol. The van der Waals surface area contributed by atoms with Gasteiger partial charge in [-0.1, -0.05) is 0 Å². The lowest BCUT2D eigenvalue weighted by Crippen LogP contribution is -2.07. The van der Waals surface area contributed by atoms with Crippen LogP contribution in [-0.4, -0.2) is 16.8 Å². The summed E-state index contributed by atoms with van der Waals surface area (Å²) in [7, 11) is 0. The summed E-state index contributed by atoms with van der Waals surface area (Å²) in [5, 5.41) is 0.507. The number of benzene rings is 1. The lowest BCUT2D eigenvalue weighted by atomic mass is 10.2. The Hall–Kier alpha value is -1.82. The second kappa shape index (κ2) is 2.83. The van der Waals surface area contributed by atoms with Crippen LogP contribution in [0.3, 0.4) is 0 Å². The van der Waals surface area contributed by atoms with Gasteiger partial charge in [0.15, 0.2) is 16.3 Å². The highest BCUT2D eigenvalue weighted by Crippen LogP contribution is 2.34. The van der Waals surface area contributed by atoms with Gasteiger partial charge in [0.05, 0.1) is 10.9 Å². The molecule has 0 bridgehead atoms. The van der Waals surface area contributed by atoms with E-state index >= 15 is 0 Å². The Morgan fingerprint density at radius 3 is 2.73 bits per heavy atom. The molecule has 2 aromatic rings. The van der Waals surface area contributed by atoms with Crippen molar-refractivity contribution in [3.8, 4) is 11.5 Å². The van der Waals surface area contributed by atoms with E-state index in [1.165, 1.54) is 0 Å². The van der Waals surface area contributed by atoms with Crippen molar-refractivity contribution in [2.75, 3.05) is 6.79 Å². The van der Waals surface area contributed by atoms with Gasteiger partial charge in [0.25, 0.3) is 5.56 Å². The Kier molecular flexibility index (Phi) is 1.60. The molecule has 0 unspecified atom stereocenters. The molecular weight excluding hydrogens is 216 g/mol. The van der Waals surface area contributed by atoms with Crippen molar-refractivity contribution in [3.05, 3.63) is 27.3 Å². The smallest absolute Gasteiger partial charge is 0.259 e. The average molecular weight is 222 g/mol. The van der Waals surface area contributed by atoms with Gasteiger partial charge in [0.2, 0.25) is 6.79 Å². The lowest BCUT2D eigenvalue weighted by molar-refractivity contribution is 0.174. The van der Waals surface area contributed by atoms with Gasteiger partial charge in [-0.3, -0.25) is 9.78 Å². The van der Waals surface area contributed by atoms with E-state index in [-0.39, 0.29) is 12.4 Å². The SMILES string of the molecule is O=c1[nH]c(=S)[nH]c2cc3c(cc12)OCO3. The quantitative estimate of drug-likeness (QED) is 0.659. The summed E-state index contributed by atoms with van der Waals surface area (Å²) >= 11 is 4.87. The topological polar surface area (TPSA) is 67.1 Å². The number of hydrogen-bond donors (Lipinski definition) is 2. The molecule has 1 aliphatic heterocycles. The van der Waals surface area contributed by atoms with Crippen LogP contribution in [0.15, 0.2) is 16.9 Å². The molecule has 76 valence electrons. The van der Waals surface area contributed by atoms with E-state index in [0.717, 1.165) is 0 Å². The van der Waals surface area contributed by atoms with Gasteiger partial charge < -0.3 is 14.5 Å². The number of rotatable bonds is 0. The van der Waals surface area contributed by atoms with Crippen LogP contribution >= 0.6 is 12.2 Å². The molecule has 1 aliphatic rings. The van der Waals surface area contributed by atoms with Crippen molar-refractivity contribution in [1.82, 2.24) is 9.97 Å². The number of H-pyrrole nitrogens is 2. The molecule has 5 nitrogen and oxygen atoms in total. The number of hydrogen-bond acceptors (Lipinski definition) is 4. The third kappa shape index (κ3) is 1.22. The van der Waals surface area contributed by atoms with Gasteiger partial charge >= 0.3 is 0 Å². The monoisotopic (exact) mass is 222 g/mol. The molecule has 15 heavy (non-hydrogen) atoms. The minimum Gasteiger partial charge on any atom is -0.454 e. The first-order chi connectivity index (χ1) is 7.24. The molecular formula is C9H6N2O3S. The first-order valence-electron chi connectivity index (χ1n) is 4.30. The van der Waals surface area contributed by atoms with Crippen molar-refractivity contribution in [2.24, 2.45) is 0 Å². The van der Waals surface area contributed by atoms with Crippen LogP contribution in [0.25, 0.3) is 10.9 Å². The van der Waals surface area contributed by atoms with E-state index in [9.17, 15) is 4.79 Å². The van der Waals surface area contributed by atoms with E-state index in [2.05, 4.69) is 9.97 Å². The zero-order chi connectivity index (χ0) is 10.4. The Balaban J connectivity index is 2.48. The summed E-state index contributed by atoms with van der Waals surface area (Å²) in [4.78, 5) is 17.0. The Bertz CT molecular complexity index is 658. The summed E-state index contributed by atoms with van der Waals surface area (Å²) in [6.45, 7) is 0.185. The molecule has 0 atom stereocenters.